The van der Waals surface area contributed by atoms with E-state index in [9.17, 15) is 14.3 Å². The zero-order valence-electron chi connectivity index (χ0n) is 11.2. The highest BCUT2D eigenvalue weighted by molar-refractivity contribution is 5.73. The van der Waals surface area contributed by atoms with Gasteiger partial charge in [0.05, 0.1) is 0 Å². The van der Waals surface area contributed by atoms with E-state index < -0.39 is 12.0 Å². The first-order chi connectivity index (χ1) is 8.34. The summed E-state index contributed by atoms with van der Waals surface area (Å²) in [6, 6.07) is 5.54. The number of nitrogens with zero attached hydrogens (tertiary/aromatic N) is 1. The molecule has 2 atom stereocenters. The van der Waals surface area contributed by atoms with Crippen molar-refractivity contribution in [3.8, 4) is 0 Å². The summed E-state index contributed by atoms with van der Waals surface area (Å²) in [7, 11) is 1.78. The smallest absolute Gasteiger partial charge is 0.321 e. The number of carboxylic acids is 1. The Kier molecular flexibility index (Phi) is 4.84. The van der Waals surface area contributed by atoms with Crippen LogP contribution in [0.2, 0.25) is 0 Å². The van der Waals surface area contributed by atoms with Crippen molar-refractivity contribution in [1.29, 1.82) is 0 Å². The van der Waals surface area contributed by atoms with Crippen molar-refractivity contribution in [2.75, 3.05) is 7.05 Å². The van der Waals surface area contributed by atoms with Crippen LogP contribution in [0.4, 0.5) is 4.39 Å². The Balaban J connectivity index is 2.91. The third-order valence-electron chi connectivity index (χ3n) is 3.29. The van der Waals surface area contributed by atoms with Crippen molar-refractivity contribution in [3.63, 3.8) is 0 Å². The molecule has 0 aliphatic heterocycles. The molecule has 18 heavy (non-hydrogen) atoms. The Morgan fingerprint density at radius 3 is 2.11 bits per heavy atom. The molecule has 0 aromatic heterocycles. The van der Waals surface area contributed by atoms with E-state index in [1.807, 2.05) is 20.8 Å². The van der Waals surface area contributed by atoms with Crippen LogP contribution in [0.1, 0.15) is 32.4 Å². The molecule has 0 aliphatic carbocycles. The largest absolute Gasteiger partial charge is 0.480 e. The lowest BCUT2D eigenvalue weighted by molar-refractivity contribution is -0.145. The maximum absolute atomic E-state index is 12.9. The van der Waals surface area contributed by atoms with E-state index >= 15 is 0 Å². The van der Waals surface area contributed by atoms with Gasteiger partial charge < -0.3 is 5.11 Å². The van der Waals surface area contributed by atoms with Crippen LogP contribution in [-0.2, 0) is 4.79 Å². The van der Waals surface area contributed by atoms with Crippen LogP contribution in [0.25, 0.3) is 0 Å². The van der Waals surface area contributed by atoms with Crippen molar-refractivity contribution in [1.82, 2.24) is 4.90 Å². The van der Waals surface area contributed by atoms with Gasteiger partial charge in [0.2, 0.25) is 0 Å². The number of likely N-dealkylation sites (N-methyl/N-ethyl adjacent to an activating group) is 1. The molecule has 3 nitrogen and oxygen atoms in total. The second kappa shape index (κ2) is 5.96. The molecule has 0 aliphatic rings. The summed E-state index contributed by atoms with van der Waals surface area (Å²) < 4.78 is 12.9. The standard InChI is InChI=1S/C14H20FNO2/c1-9(2)13(14(17)18)16(4)10(3)11-5-7-12(15)8-6-11/h5-10,13H,1-4H3,(H,17,18). The first-order valence-electron chi connectivity index (χ1n) is 6.04. The molecular weight excluding hydrogens is 233 g/mol. The van der Waals surface area contributed by atoms with Crippen LogP contribution >= 0.6 is 0 Å². The number of rotatable bonds is 5. The van der Waals surface area contributed by atoms with Gasteiger partial charge >= 0.3 is 5.97 Å². The van der Waals surface area contributed by atoms with Crippen molar-refractivity contribution in [2.24, 2.45) is 5.92 Å². The molecule has 0 fully saturated rings. The van der Waals surface area contributed by atoms with E-state index in [2.05, 4.69) is 0 Å². The molecule has 0 amide bonds. The number of carbonyl (C=O) groups is 1. The first-order valence-corrected chi connectivity index (χ1v) is 6.04. The predicted octanol–water partition coefficient (Wildman–Crippen LogP) is 2.93. The molecule has 2 unspecified atom stereocenters. The minimum atomic E-state index is -0.832. The average molecular weight is 253 g/mol. The second-order valence-corrected chi connectivity index (χ2v) is 4.92. The van der Waals surface area contributed by atoms with Crippen LogP contribution in [0.3, 0.4) is 0 Å². The summed E-state index contributed by atoms with van der Waals surface area (Å²) in [6.07, 6.45) is 0. The van der Waals surface area contributed by atoms with Gasteiger partial charge in [-0.1, -0.05) is 26.0 Å². The zero-order valence-corrected chi connectivity index (χ0v) is 11.2. The fourth-order valence-electron chi connectivity index (χ4n) is 2.15. The molecule has 0 spiro atoms. The van der Waals surface area contributed by atoms with E-state index in [0.29, 0.717) is 0 Å². The van der Waals surface area contributed by atoms with Crippen LogP contribution < -0.4 is 0 Å². The van der Waals surface area contributed by atoms with Crippen LogP contribution in [0.15, 0.2) is 24.3 Å². The molecule has 1 aromatic rings. The lowest BCUT2D eigenvalue weighted by Gasteiger charge is -2.33. The third-order valence-corrected chi connectivity index (χ3v) is 3.29. The highest BCUT2D eigenvalue weighted by Gasteiger charge is 2.29. The predicted molar refractivity (Wildman–Crippen MR) is 68.8 cm³/mol. The number of hydrogen-bond acceptors (Lipinski definition) is 2. The number of hydrogen-bond donors (Lipinski definition) is 1. The van der Waals surface area contributed by atoms with Gasteiger partial charge in [-0.3, -0.25) is 9.69 Å². The Hall–Kier alpha value is -1.42. The molecule has 1 rings (SSSR count). The fraction of sp³-hybridized carbons (Fsp3) is 0.500. The van der Waals surface area contributed by atoms with Crippen molar-refractivity contribution in [2.45, 2.75) is 32.9 Å². The molecule has 0 saturated heterocycles. The molecule has 100 valence electrons. The number of carboxylic acid groups (broad SMARTS) is 1. The monoisotopic (exact) mass is 253 g/mol. The summed E-state index contributed by atoms with van der Waals surface area (Å²) in [5.41, 5.74) is 0.908. The number of benzene rings is 1. The highest BCUT2D eigenvalue weighted by atomic mass is 19.1. The molecule has 0 bridgehead atoms. The summed E-state index contributed by atoms with van der Waals surface area (Å²) in [6.45, 7) is 5.69. The number of aliphatic carboxylic acids is 1. The van der Waals surface area contributed by atoms with Crippen molar-refractivity contribution >= 4 is 5.97 Å². The lowest BCUT2D eigenvalue weighted by atomic mass is 9.99. The second-order valence-electron chi connectivity index (χ2n) is 4.92. The Morgan fingerprint density at radius 2 is 1.72 bits per heavy atom. The fourth-order valence-corrected chi connectivity index (χ4v) is 2.15. The lowest BCUT2D eigenvalue weighted by Crippen LogP contribution is -2.43. The van der Waals surface area contributed by atoms with E-state index in [4.69, 9.17) is 0 Å². The zero-order chi connectivity index (χ0) is 13.9. The van der Waals surface area contributed by atoms with Crippen LogP contribution in [-0.4, -0.2) is 29.1 Å². The van der Waals surface area contributed by atoms with E-state index in [0.717, 1.165) is 5.56 Å². The van der Waals surface area contributed by atoms with Gasteiger partial charge in [-0.2, -0.15) is 0 Å². The minimum Gasteiger partial charge on any atom is -0.480 e. The SMILES string of the molecule is CC(C)C(C(=O)O)N(C)C(C)c1ccc(F)cc1. The summed E-state index contributed by atoms with van der Waals surface area (Å²) in [5.74, 6) is -1.11. The van der Waals surface area contributed by atoms with Gasteiger partial charge in [0.25, 0.3) is 0 Å². The topological polar surface area (TPSA) is 40.5 Å². The summed E-state index contributed by atoms with van der Waals surface area (Å²) >= 11 is 0. The highest BCUT2D eigenvalue weighted by Crippen LogP contribution is 2.24. The Labute approximate surface area is 107 Å². The number of halogens is 1. The van der Waals surface area contributed by atoms with E-state index in [1.165, 1.54) is 12.1 Å². The molecule has 0 heterocycles. The molecular formula is C14H20FNO2. The van der Waals surface area contributed by atoms with E-state index in [-0.39, 0.29) is 17.8 Å². The minimum absolute atomic E-state index is 0.00963. The van der Waals surface area contributed by atoms with Gasteiger partial charge in [-0.25, -0.2) is 4.39 Å². The molecule has 1 aromatic carbocycles. The average Bonchev–Trinajstić information content (AvgIpc) is 2.28. The van der Waals surface area contributed by atoms with Gasteiger partial charge in [0.15, 0.2) is 0 Å². The van der Waals surface area contributed by atoms with Gasteiger partial charge in [-0.05, 0) is 37.6 Å². The van der Waals surface area contributed by atoms with E-state index in [1.54, 1.807) is 24.1 Å². The van der Waals surface area contributed by atoms with Crippen molar-refractivity contribution in [3.05, 3.63) is 35.6 Å². The maximum atomic E-state index is 12.9. The molecule has 0 radical (unpaired) electrons. The van der Waals surface area contributed by atoms with Gasteiger partial charge in [-0.15, -0.1) is 0 Å². The summed E-state index contributed by atoms with van der Waals surface area (Å²) in [4.78, 5) is 13.1. The first kappa shape index (κ1) is 14.6. The maximum Gasteiger partial charge on any atom is 0.321 e. The molecule has 4 heteroatoms. The molecule has 1 N–H and O–H groups in total. The summed E-state index contributed by atoms with van der Waals surface area (Å²) in [5, 5.41) is 9.25. The quantitative estimate of drug-likeness (QED) is 0.877. The van der Waals surface area contributed by atoms with Crippen molar-refractivity contribution < 1.29 is 14.3 Å². The van der Waals surface area contributed by atoms with Crippen LogP contribution in [0, 0.1) is 11.7 Å². The van der Waals surface area contributed by atoms with Crippen LogP contribution in [0.5, 0.6) is 0 Å². The molecule has 0 saturated carbocycles. The Morgan fingerprint density at radius 1 is 1.22 bits per heavy atom. The van der Waals surface area contributed by atoms with Gasteiger partial charge in [0, 0.05) is 6.04 Å². The normalized spacial score (nSPS) is 14.8. The van der Waals surface area contributed by atoms with Gasteiger partial charge in [0.1, 0.15) is 11.9 Å². The third kappa shape index (κ3) is 3.29. The Bertz CT molecular complexity index is 403.